The van der Waals surface area contributed by atoms with E-state index in [2.05, 4.69) is 0 Å². The van der Waals surface area contributed by atoms with E-state index in [-0.39, 0.29) is 0 Å². The van der Waals surface area contributed by atoms with Crippen molar-refractivity contribution in [3.05, 3.63) is 144 Å². The minimum absolute atomic E-state index is 0.300. The quantitative estimate of drug-likeness (QED) is 0.167. The molecule has 40 heavy (non-hydrogen) atoms. The van der Waals surface area contributed by atoms with Gasteiger partial charge in [-0.25, -0.2) is 0 Å². The third-order valence-electron chi connectivity index (χ3n) is 6.83. The summed E-state index contributed by atoms with van der Waals surface area (Å²) in [7, 11) is 0. The number of hydrogen-bond acceptors (Lipinski definition) is 5. The van der Waals surface area contributed by atoms with E-state index < -0.39 is 30.0 Å². The van der Waals surface area contributed by atoms with Crippen molar-refractivity contribution in [1.82, 2.24) is 0 Å². The molecule has 1 unspecified atom stereocenters. The van der Waals surface area contributed by atoms with Crippen LogP contribution in [0.3, 0.4) is 0 Å². The molecule has 5 rings (SSSR count). The lowest BCUT2D eigenvalue weighted by atomic mass is 9.99. The van der Waals surface area contributed by atoms with Gasteiger partial charge in [-0.05, 0) is 22.3 Å². The molecule has 0 N–H and O–H groups in total. The van der Waals surface area contributed by atoms with Gasteiger partial charge in [-0.2, -0.15) is 0 Å². The van der Waals surface area contributed by atoms with Crippen LogP contribution in [-0.4, -0.2) is 36.6 Å². The van der Waals surface area contributed by atoms with Crippen LogP contribution in [-0.2, 0) is 50.1 Å². The second-order valence-corrected chi connectivity index (χ2v) is 10.2. The van der Waals surface area contributed by atoms with Gasteiger partial charge in [0.05, 0.1) is 33.0 Å². The first-order valence-corrected chi connectivity index (χ1v) is 14.1. The predicted molar refractivity (Wildman–Crippen MR) is 156 cm³/mol. The lowest BCUT2D eigenvalue weighted by Crippen LogP contribution is -2.59. The Labute approximate surface area is 241 Å². The van der Waals surface area contributed by atoms with Crippen molar-refractivity contribution in [3.63, 3.8) is 0 Å². The van der Waals surface area contributed by atoms with Gasteiger partial charge in [0.25, 0.3) is 0 Å². The van der Waals surface area contributed by atoms with Crippen molar-refractivity contribution >= 4 is 11.6 Å². The summed E-state index contributed by atoms with van der Waals surface area (Å²) in [6.45, 7) is 1.93. The van der Waals surface area contributed by atoms with Crippen LogP contribution in [0.2, 0.25) is 0 Å². The highest BCUT2D eigenvalue weighted by Gasteiger charge is 2.47. The van der Waals surface area contributed by atoms with Crippen LogP contribution in [0.15, 0.2) is 121 Å². The number of ether oxygens (including phenoxy) is 5. The van der Waals surface area contributed by atoms with E-state index in [1.807, 2.05) is 121 Å². The average molecular weight is 559 g/mol. The van der Waals surface area contributed by atoms with Gasteiger partial charge in [0.15, 0.2) is 5.56 Å². The summed E-state index contributed by atoms with van der Waals surface area (Å²) in [5.41, 5.74) is 3.50. The molecule has 5 atom stereocenters. The van der Waals surface area contributed by atoms with E-state index in [0.29, 0.717) is 33.0 Å². The smallest absolute Gasteiger partial charge is 0.160 e. The molecule has 0 radical (unpaired) electrons. The van der Waals surface area contributed by atoms with Crippen molar-refractivity contribution in [3.8, 4) is 0 Å². The van der Waals surface area contributed by atoms with Crippen LogP contribution in [0.4, 0.5) is 0 Å². The Morgan fingerprint density at radius 2 is 0.850 bits per heavy atom. The number of rotatable bonds is 13. The minimum Gasteiger partial charge on any atom is -0.374 e. The van der Waals surface area contributed by atoms with Gasteiger partial charge in [-0.15, -0.1) is 0 Å². The Balaban J connectivity index is 1.36. The van der Waals surface area contributed by atoms with Gasteiger partial charge in [0.2, 0.25) is 0 Å². The van der Waals surface area contributed by atoms with Crippen molar-refractivity contribution in [2.45, 2.75) is 56.4 Å². The highest BCUT2D eigenvalue weighted by atomic mass is 35.5. The lowest BCUT2D eigenvalue weighted by Gasteiger charge is -2.44. The molecule has 0 aromatic heterocycles. The fourth-order valence-electron chi connectivity index (χ4n) is 4.73. The highest BCUT2D eigenvalue weighted by molar-refractivity contribution is 6.20. The Morgan fingerprint density at radius 1 is 0.475 bits per heavy atom. The first-order chi connectivity index (χ1) is 19.8. The van der Waals surface area contributed by atoms with E-state index in [1.165, 1.54) is 0 Å². The van der Waals surface area contributed by atoms with Crippen molar-refractivity contribution in [2.75, 3.05) is 6.61 Å². The van der Waals surface area contributed by atoms with Gasteiger partial charge in [0.1, 0.15) is 24.4 Å². The van der Waals surface area contributed by atoms with Gasteiger partial charge >= 0.3 is 0 Å². The topological polar surface area (TPSA) is 46.2 Å². The molecule has 4 aromatic rings. The Hall–Kier alpha value is -3.03. The fourth-order valence-corrected chi connectivity index (χ4v) is 5.08. The molecule has 6 heteroatoms. The molecular formula is C34H35ClO5. The highest BCUT2D eigenvalue weighted by Crippen LogP contribution is 2.32. The van der Waals surface area contributed by atoms with E-state index in [9.17, 15) is 0 Å². The summed E-state index contributed by atoms with van der Waals surface area (Å²) >= 11 is 6.86. The number of hydrogen-bond donors (Lipinski definition) is 0. The third-order valence-corrected chi connectivity index (χ3v) is 7.18. The molecule has 1 aliphatic heterocycles. The first-order valence-electron chi connectivity index (χ1n) is 13.6. The standard InChI is InChI=1S/C34H35ClO5/c35-34-33(39-24-29-19-11-4-12-20-29)32(38-23-28-17-9-3-10-18-28)31(37-22-27-15-7-2-8-16-27)30(40-34)25-36-21-26-13-5-1-6-14-26/h1-20,30-34H,21-25H2/t30?,31-,32+,33-,34+/m1/s1. The summed E-state index contributed by atoms with van der Waals surface area (Å²) < 4.78 is 31.9. The van der Waals surface area contributed by atoms with Gasteiger partial charge in [0, 0.05) is 0 Å². The zero-order chi connectivity index (χ0) is 27.4. The summed E-state index contributed by atoms with van der Waals surface area (Å²) in [6.07, 6.45) is -1.98. The first kappa shape index (κ1) is 28.5. The van der Waals surface area contributed by atoms with Crippen molar-refractivity contribution in [2.24, 2.45) is 0 Å². The normalized spacial score (nSPS) is 22.7. The molecule has 1 heterocycles. The zero-order valence-corrected chi connectivity index (χ0v) is 23.1. The second-order valence-electron chi connectivity index (χ2n) is 9.81. The Bertz CT molecular complexity index is 1240. The monoisotopic (exact) mass is 558 g/mol. The van der Waals surface area contributed by atoms with Gasteiger partial charge in [-0.3, -0.25) is 0 Å². The minimum atomic E-state index is -0.744. The molecular weight excluding hydrogens is 524 g/mol. The molecule has 0 bridgehead atoms. The summed E-state index contributed by atoms with van der Waals surface area (Å²) in [5.74, 6) is 0. The second kappa shape index (κ2) is 15.1. The Kier molecular flexibility index (Phi) is 10.8. The third kappa shape index (κ3) is 8.24. The maximum absolute atomic E-state index is 6.86. The fraction of sp³-hybridized carbons (Fsp3) is 0.294. The van der Waals surface area contributed by atoms with E-state index >= 15 is 0 Å². The SMILES string of the molecule is Cl[C@H]1OC(COCc2ccccc2)[C@@H](OCc2ccccc2)[C@H](OCc2ccccc2)[C@H]1OCc1ccccc1. The van der Waals surface area contributed by atoms with Gasteiger partial charge < -0.3 is 23.7 Å². The van der Waals surface area contributed by atoms with Crippen molar-refractivity contribution < 1.29 is 23.7 Å². The molecule has 0 amide bonds. The van der Waals surface area contributed by atoms with Crippen LogP contribution >= 0.6 is 11.6 Å². The number of alkyl halides is 1. The Morgan fingerprint density at radius 3 is 1.30 bits per heavy atom. The summed E-state index contributed by atoms with van der Waals surface area (Å²) in [4.78, 5) is 0. The van der Waals surface area contributed by atoms with E-state index in [4.69, 9.17) is 35.3 Å². The van der Waals surface area contributed by atoms with Crippen LogP contribution < -0.4 is 0 Å². The van der Waals surface area contributed by atoms with Gasteiger partial charge in [-0.1, -0.05) is 133 Å². The zero-order valence-electron chi connectivity index (χ0n) is 22.4. The summed E-state index contributed by atoms with van der Waals surface area (Å²) in [6, 6.07) is 40.2. The maximum atomic E-state index is 6.86. The average Bonchev–Trinajstić information content (AvgIpc) is 3.01. The molecule has 5 nitrogen and oxygen atoms in total. The maximum Gasteiger partial charge on any atom is 0.160 e. The molecule has 1 fully saturated rings. The van der Waals surface area contributed by atoms with Crippen molar-refractivity contribution in [1.29, 1.82) is 0 Å². The lowest BCUT2D eigenvalue weighted by molar-refractivity contribution is -0.256. The summed E-state index contributed by atoms with van der Waals surface area (Å²) in [5, 5.41) is 0. The number of halogens is 1. The number of benzene rings is 4. The molecule has 0 aliphatic carbocycles. The molecule has 0 spiro atoms. The molecule has 208 valence electrons. The predicted octanol–water partition coefficient (Wildman–Crippen LogP) is 6.92. The van der Waals surface area contributed by atoms with E-state index in [1.54, 1.807) is 0 Å². The van der Waals surface area contributed by atoms with Crippen LogP contribution in [0, 0.1) is 0 Å². The molecule has 0 saturated carbocycles. The van der Waals surface area contributed by atoms with Crippen LogP contribution in [0.5, 0.6) is 0 Å². The molecule has 4 aromatic carbocycles. The molecule has 1 aliphatic rings. The van der Waals surface area contributed by atoms with E-state index in [0.717, 1.165) is 22.3 Å². The van der Waals surface area contributed by atoms with Crippen LogP contribution in [0.1, 0.15) is 22.3 Å². The molecule has 1 saturated heterocycles. The van der Waals surface area contributed by atoms with Crippen LogP contribution in [0.25, 0.3) is 0 Å². The largest absolute Gasteiger partial charge is 0.374 e.